The average Bonchev–Trinajstić information content (AvgIpc) is 3.01. The van der Waals surface area contributed by atoms with E-state index in [0.29, 0.717) is 11.8 Å². The van der Waals surface area contributed by atoms with Crippen LogP contribution in [0.2, 0.25) is 0 Å². The van der Waals surface area contributed by atoms with E-state index < -0.39 is 0 Å². The van der Waals surface area contributed by atoms with Gasteiger partial charge < -0.3 is 4.90 Å². The molecule has 0 aliphatic carbocycles. The Hall–Kier alpha value is -1.61. The fourth-order valence-corrected chi connectivity index (χ4v) is 3.59. The highest BCUT2D eigenvalue weighted by Gasteiger charge is 2.46. The molecule has 1 aromatic rings. The van der Waals surface area contributed by atoms with Crippen LogP contribution in [0.15, 0.2) is 43.0 Å². The Balaban J connectivity index is 1.77. The first-order chi connectivity index (χ1) is 9.33. The summed E-state index contributed by atoms with van der Waals surface area (Å²) in [6.07, 6.45) is 4.46. The van der Waals surface area contributed by atoms with Crippen molar-refractivity contribution in [3.05, 3.63) is 48.6 Å². The largest absolute Gasteiger partial charge is 0.329 e. The molecule has 3 heteroatoms. The molecule has 0 saturated carbocycles. The van der Waals surface area contributed by atoms with Crippen LogP contribution in [-0.4, -0.2) is 35.5 Å². The maximum Gasteiger partial charge on any atom is 0.210 e. The van der Waals surface area contributed by atoms with Crippen LogP contribution in [0, 0.1) is 11.8 Å². The van der Waals surface area contributed by atoms with Crippen molar-refractivity contribution in [2.45, 2.75) is 19.1 Å². The van der Waals surface area contributed by atoms with E-state index in [0.717, 1.165) is 26.0 Å². The van der Waals surface area contributed by atoms with Crippen molar-refractivity contribution < 1.29 is 4.79 Å². The first kappa shape index (κ1) is 12.4. The van der Waals surface area contributed by atoms with E-state index in [1.807, 2.05) is 17.0 Å². The normalized spacial score (nSPS) is 30.3. The van der Waals surface area contributed by atoms with E-state index in [1.54, 1.807) is 0 Å². The van der Waals surface area contributed by atoms with Crippen LogP contribution in [0.25, 0.3) is 0 Å². The predicted molar refractivity (Wildman–Crippen MR) is 75.2 cm³/mol. The second kappa shape index (κ2) is 5.17. The average molecular weight is 256 g/mol. The molecule has 100 valence electrons. The number of hydrogen-bond donors (Lipinski definition) is 0. The van der Waals surface area contributed by atoms with Gasteiger partial charge >= 0.3 is 0 Å². The molecular weight excluding hydrogens is 236 g/mol. The lowest BCUT2D eigenvalue weighted by Crippen LogP contribution is -2.41. The van der Waals surface area contributed by atoms with Crippen molar-refractivity contribution in [2.24, 2.45) is 11.8 Å². The molecule has 0 spiro atoms. The van der Waals surface area contributed by atoms with E-state index in [4.69, 9.17) is 0 Å². The van der Waals surface area contributed by atoms with Crippen LogP contribution in [0.3, 0.4) is 0 Å². The van der Waals surface area contributed by atoms with E-state index >= 15 is 0 Å². The molecule has 0 bridgehead atoms. The Kier molecular flexibility index (Phi) is 3.38. The number of likely N-dealkylation sites (tertiary alicyclic amines) is 2. The minimum Gasteiger partial charge on any atom is -0.329 e. The number of rotatable bonds is 4. The molecule has 3 atom stereocenters. The fourth-order valence-electron chi connectivity index (χ4n) is 3.59. The van der Waals surface area contributed by atoms with Crippen LogP contribution in [-0.2, 0) is 11.3 Å². The molecule has 19 heavy (non-hydrogen) atoms. The van der Waals surface area contributed by atoms with Crippen molar-refractivity contribution in [1.29, 1.82) is 0 Å². The van der Waals surface area contributed by atoms with Gasteiger partial charge in [-0.05, 0) is 12.0 Å². The summed E-state index contributed by atoms with van der Waals surface area (Å²) in [5.74, 6) is 1.02. The minimum absolute atomic E-state index is 0.265. The van der Waals surface area contributed by atoms with Crippen molar-refractivity contribution in [3.63, 3.8) is 0 Å². The molecular formula is C16H20N2O. The zero-order valence-corrected chi connectivity index (χ0v) is 11.1. The fraction of sp³-hybridized carbons (Fsp3) is 0.438. The number of amides is 1. The predicted octanol–water partition coefficient (Wildman–Crippen LogP) is 2.11. The molecule has 0 unspecified atom stereocenters. The molecule has 2 fully saturated rings. The summed E-state index contributed by atoms with van der Waals surface area (Å²) < 4.78 is 0. The first-order valence-electron chi connectivity index (χ1n) is 6.95. The molecule has 0 N–H and O–H groups in total. The molecule has 2 aliphatic heterocycles. The Morgan fingerprint density at radius 2 is 2.11 bits per heavy atom. The van der Waals surface area contributed by atoms with Gasteiger partial charge in [-0.25, -0.2) is 0 Å². The van der Waals surface area contributed by atoms with E-state index in [1.165, 1.54) is 12.0 Å². The van der Waals surface area contributed by atoms with Gasteiger partial charge in [-0.2, -0.15) is 0 Å². The smallest absolute Gasteiger partial charge is 0.210 e. The SMILES string of the molecule is C=C[C@H]1CN(C=O)[C@H]2[C@@H]1CCN2Cc1ccccc1. The monoisotopic (exact) mass is 256 g/mol. The van der Waals surface area contributed by atoms with Crippen molar-refractivity contribution >= 4 is 6.41 Å². The number of carbonyl (C=O) groups excluding carboxylic acids is 1. The standard InChI is InChI=1S/C16H20N2O/c1-2-14-11-18(12-19)16-15(14)8-9-17(16)10-13-6-4-3-5-7-13/h2-7,12,14-16H,1,8-11H2/t14-,15+,16-/m0/s1. The molecule has 3 nitrogen and oxygen atoms in total. The van der Waals surface area contributed by atoms with Crippen LogP contribution < -0.4 is 0 Å². The molecule has 3 rings (SSSR count). The van der Waals surface area contributed by atoms with E-state index in [-0.39, 0.29) is 6.17 Å². The molecule has 0 radical (unpaired) electrons. The molecule has 2 saturated heterocycles. The highest BCUT2D eigenvalue weighted by Crippen LogP contribution is 2.39. The molecule has 1 aromatic carbocycles. The maximum absolute atomic E-state index is 11.3. The van der Waals surface area contributed by atoms with Crippen molar-refractivity contribution in [3.8, 4) is 0 Å². The molecule has 0 aromatic heterocycles. The summed E-state index contributed by atoms with van der Waals surface area (Å²) in [6.45, 7) is 6.74. The Morgan fingerprint density at radius 3 is 2.79 bits per heavy atom. The Labute approximate surface area is 114 Å². The quantitative estimate of drug-likeness (QED) is 0.608. The summed E-state index contributed by atoms with van der Waals surface area (Å²) in [4.78, 5) is 15.7. The zero-order chi connectivity index (χ0) is 13.2. The van der Waals surface area contributed by atoms with Gasteiger partial charge in [0.15, 0.2) is 0 Å². The summed E-state index contributed by atoms with van der Waals surface area (Å²) in [7, 11) is 0. The third-order valence-corrected chi connectivity index (χ3v) is 4.48. The molecule has 2 aliphatic rings. The number of nitrogens with zero attached hydrogens (tertiary/aromatic N) is 2. The topological polar surface area (TPSA) is 23.6 Å². The summed E-state index contributed by atoms with van der Waals surface area (Å²) in [6, 6.07) is 10.5. The third-order valence-electron chi connectivity index (χ3n) is 4.48. The number of benzene rings is 1. The van der Waals surface area contributed by atoms with Crippen LogP contribution in [0.4, 0.5) is 0 Å². The lowest BCUT2D eigenvalue weighted by Gasteiger charge is -2.29. The van der Waals surface area contributed by atoms with Gasteiger partial charge in [-0.15, -0.1) is 6.58 Å². The highest BCUT2D eigenvalue weighted by atomic mass is 16.1. The Bertz CT molecular complexity index is 459. The lowest BCUT2D eigenvalue weighted by atomic mass is 9.94. The van der Waals surface area contributed by atoms with E-state index in [9.17, 15) is 4.79 Å². The summed E-state index contributed by atoms with van der Waals surface area (Å²) in [5.41, 5.74) is 1.32. The van der Waals surface area contributed by atoms with E-state index in [2.05, 4.69) is 35.7 Å². The second-order valence-electron chi connectivity index (χ2n) is 5.52. The molecule has 2 heterocycles. The van der Waals surface area contributed by atoms with Gasteiger partial charge in [0.2, 0.25) is 6.41 Å². The minimum atomic E-state index is 0.265. The third kappa shape index (κ3) is 2.19. The van der Waals surface area contributed by atoms with Gasteiger partial charge in [0.05, 0.1) is 6.17 Å². The number of hydrogen-bond acceptors (Lipinski definition) is 2. The number of fused-ring (bicyclic) bond motifs is 1. The van der Waals surface area contributed by atoms with Gasteiger partial charge in [-0.3, -0.25) is 9.69 Å². The Morgan fingerprint density at radius 1 is 1.32 bits per heavy atom. The van der Waals surface area contributed by atoms with Gasteiger partial charge in [0.25, 0.3) is 0 Å². The second-order valence-corrected chi connectivity index (χ2v) is 5.52. The summed E-state index contributed by atoms with van der Waals surface area (Å²) in [5, 5.41) is 0. The van der Waals surface area contributed by atoms with Gasteiger partial charge in [0.1, 0.15) is 0 Å². The van der Waals surface area contributed by atoms with Crippen molar-refractivity contribution in [1.82, 2.24) is 9.80 Å². The van der Waals surface area contributed by atoms with Gasteiger partial charge in [0, 0.05) is 31.5 Å². The van der Waals surface area contributed by atoms with Crippen LogP contribution in [0.1, 0.15) is 12.0 Å². The van der Waals surface area contributed by atoms with Gasteiger partial charge in [-0.1, -0.05) is 36.4 Å². The van der Waals surface area contributed by atoms with Crippen molar-refractivity contribution in [2.75, 3.05) is 13.1 Å². The van der Waals surface area contributed by atoms with Crippen LogP contribution >= 0.6 is 0 Å². The summed E-state index contributed by atoms with van der Waals surface area (Å²) >= 11 is 0. The maximum atomic E-state index is 11.3. The highest BCUT2D eigenvalue weighted by molar-refractivity contribution is 5.49. The first-order valence-corrected chi connectivity index (χ1v) is 6.95. The molecule has 1 amide bonds. The van der Waals surface area contributed by atoms with Crippen LogP contribution in [0.5, 0.6) is 0 Å². The number of carbonyl (C=O) groups is 1. The zero-order valence-electron chi connectivity index (χ0n) is 11.1. The lowest BCUT2D eigenvalue weighted by molar-refractivity contribution is -0.121.